The maximum Gasteiger partial charge on any atom is 0.271 e. The van der Waals surface area contributed by atoms with Crippen LogP contribution in [-0.2, 0) is 13.8 Å². The zero-order valence-corrected chi connectivity index (χ0v) is 14.1. The molecule has 0 bridgehead atoms. The number of hydrogen-bond donors (Lipinski definition) is 1. The van der Waals surface area contributed by atoms with Crippen LogP contribution in [0.1, 0.15) is 41.6 Å². The standard InChI is InChI=1S/C13H18ClNO4S2/c1-9-11(8-20-13(9)21(14,17)18)12(16)15-6-5-10-4-2-3-7-19-10/h8,10H,2-7H2,1H3,(H,15,16). The molecule has 2 heterocycles. The highest BCUT2D eigenvalue weighted by Gasteiger charge is 2.22. The summed E-state index contributed by atoms with van der Waals surface area (Å²) in [7, 11) is 1.53. The summed E-state index contributed by atoms with van der Waals surface area (Å²) in [6.07, 6.45) is 4.28. The van der Waals surface area contributed by atoms with Gasteiger partial charge in [-0.05, 0) is 38.2 Å². The Morgan fingerprint density at radius 3 is 2.86 bits per heavy atom. The van der Waals surface area contributed by atoms with Gasteiger partial charge in [0, 0.05) is 29.2 Å². The van der Waals surface area contributed by atoms with Crippen LogP contribution in [0.5, 0.6) is 0 Å². The minimum absolute atomic E-state index is 0.0323. The molecular weight excluding hydrogens is 334 g/mol. The van der Waals surface area contributed by atoms with E-state index in [1.54, 1.807) is 6.92 Å². The Bertz CT molecular complexity index is 606. The average Bonchev–Trinajstić information content (AvgIpc) is 2.81. The van der Waals surface area contributed by atoms with Gasteiger partial charge in [-0.25, -0.2) is 8.42 Å². The molecule has 1 atom stereocenters. The molecule has 0 spiro atoms. The van der Waals surface area contributed by atoms with Crippen molar-refractivity contribution in [3.63, 3.8) is 0 Å². The van der Waals surface area contributed by atoms with Crippen molar-refractivity contribution in [2.45, 2.75) is 42.9 Å². The Morgan fingerprint density at radius 1 is 1.52 bits per heavy atom. The molecule has 1 aromatic rings. The molecule has 1 amide bonds. The Labute approximate surface area is 133 Å². The number of carbonyl (C=O) groups excluding carboxylic acids is 1. The third-order valence-electron chi connectivity index (χ3n) is 3.49. The van der Waals surface area contributed by atoms with Gasteiger partial charge in [-0.1, -0.05) is 0 Å². The SMILES string of the molecule is Cc1c(C(=O)NCCC2CCCCO2)csc1S(=O)(=O)Cl. The molecule has 1 aromatic heterocycles. The molecule has 0 saturated carbocycles. The fourth-order valence-electron chi connectivity index (χ4n) is 2.34. The van der Waals surface area contributed by atoms with Crippen LogP contribution in [0, 0.1) is 6.92 Å². The van der Waals surface area contributed by atoms with Crippen molar-refractivity contribution in [1.82, 2.24) is 5.32 Å². The van der Waals surface area contributed by atoms with Gasteiger partial charge in [0.1, 0.15) is 4.21 Å². The fourth-order valence-corrected chi connectivity index (χ4v) is 4.89. The lowest BCUT2D eigenvalue weighted by Gasteiger charge is -2.22. The summed E-state index contributed by atoms with van der Waals surface area (Å²) < 4.78 is 28.3. The van der Waals surface area contributed by atoms with E-state index in [4.69, 9.17) is 15.4 Å². The van der Waals surface area contributed by atoms with Gasteiger partial charge in [-0.3, -0.25) is 4.79 Å². The van der Waals surface area contributed by atoms with E-state index in [2.05, 4.69) is 5.32 Å². The molecule has 2 rings (SSSR count). The van der Waals surface area contributed by atoms with Crippen LogP contribution < -0.4 is 5.32 Å². The van der Waals surface area contributed by atoms with Gasteiger partial charge in [0.15, 0.2) is 0 Å². The van der Waals surface area contributed by atoms with Crippen molar-refractivity contribution in [2.24, 2.45) is 0 Å². The summed E-state index contributed by atoms with van der Waals surface area (Å²) in [5.74, 6) is -0.272. The molecule has 5 nitrogen and oxygen atoms in total. The van der Waals surface area contributed by atoms with Crippen LogP contribution in [0.15, 0.2) is 9.59 Å². The van der Waals surface area contributed by atoms with Gasteiger partial charge in [-0.2, -0.15) is 0 Å². The molecule has 1 aliphatic rings. The summed E-state index contributed by atoms with van der Waals surface area (Å²) in [6.45, 7) is 2.89. The van der Waals surface area contributed by atoms with Crippen LogP contribution in [0.3, 0.4) is 0 Å². The smallest absolute Gasteiger partial charge is 0.271 e. The van der Waals surface area contributed by atoms with Crippen LogP contribution in [0.2, 0.25) is 0 Å². The van der Waals surface area contributed by atoms with Crippen molar-refractivity contribution in [3.8, 4) is 0 Å². The summed E-state index contributed by atoms with van der Waals surface area (Å²) in [6, 6.07) is 0. The van der Waals surface area contributed by atoms with Crippen molar-refractivity contribution < 1.29 is 17.9 Å². The van der Waals surface area contributed by atoms with E-state index < -0.39 is 9.05 Å². The number of halogens is 1. The van der Waals surface area contributed by atoms with Crippen molar-refractivity contribution >= 4 is 37.0 Å². The number of rotatable bonds is 5. The van der Waals surface area contributed by atoms with E-state index >= 15 is 0 Å². The average molecular weight is 352 g/mol. The Balaban J connectivity index is 1.90. The van der Waals surface area contributed by atoms with E-state index in [-0.39, 0.29) is 16.2 Å². The quantitative estimate of drug-likeness (QED) is 0.828. The minimum Gasteiger partial charge on any atom is -0.378 e. The molecule has 118 valence electrons. The molecular formula is C13H18ClNO4S2. The Morgan fingerprint density at radius 2 is 2.29 bits per heavy atom. The Hall–Kier alpha value is -0.630. The highest BCUT2D eigenvalue weighted by atomic mass is 35.7. The topological polar surface area (TPSA) is 72.5 Å². The molecule has 0 aliphatic carbocycles. The van der Waals surface area contributed by atoms with Gasteiger partial charge in [0.25, 0.3) is 15.0 Å². The predicted molar refractivity (Wildman–Crippen MR) is 82.6 cm³/mol. The number of thiophene rings is 1. The molecule has 1 fully saturated rings. The second-order valence-electron chi connectivity index (χ2n) is 5.03. The highest BCUT2D eigenvalue weighted by Crippen LogP contribution is 2.29. The third-order valence-corrected chi connectivity index (χ3v) is 6.79. The zero-order chi connectivity index (χ0) is 15.5. The van der Waals surface area contributed by atoms with Crippen molar-refractivity contribution in [3.05, 3.63) is 16.5 Å². The first-order valence-corrected chi connectivity index (χ1v) is 10.0. The molecule has 1 aliphatic heterocycles. The molecule has 8 heteroatoms. The number of hydrogen-bond acceptors (Lipinski definition) is 5. The monoisotopic (exact) mass is 351 g/mol. The molecule has 21 heavy (non-hydrogen) atoms. The summed E-state index contributed by atoms with van der Waals surface area (Å²) in [4.78, 5) is 12.1. The largest absolute Gasteiger partial charge is 0.378 e. The van der Waals surface area contributed by atoms with E-state index in [1.165, 1.54) is 11.8 Å². The number of ether oxygens (including phenoxy) is 1. The zero-order valence-electron chi connectivity index (χ0n) is 11.7. The minimum atomic E-state index is -3.79. The van der Waals surface area contributed by atoms with Gasteiger partial charge in [0.2, 0.25) is 0 Å². The van der Waals surface area contributed by atoms with E-state index in [0.717, 1.165) is 37.2 Å². The first kappa shape index (κ1) is 16.7. The summed E-state index contributed by atoms with van der Waals surface area (Å²) in [5, 5.41) is 4.33. The molecule has 1 saturated heterocycles. The third kappa shape index (κ3) is 4.42. The summed E-state index contributed by atoms with van der Waals surface area (Å²) >= 11 is 0.968. The lowest BCUT2D eigenvalue weighted by Crippen LogP contribution is -2.29. The number of nitrogens with one attached hydrogen (secondary N) is 1. The first-order valence-electron chi connectivity index (χ1n) is 6.82. The second-order valence-corrected chi connectivity index (χ2v) is 8.67. The number of carbonyl (C=O) groups is 1. The maximum atomic E-state index is 12.1. The fraction of sp³-hybridized carbons (Fsp3) is 0.615. The molecule has 1 unspecified atom stereocenters. The van der Waals surface area contributed by atoms with Gasteiger partial charge >= 0.3 is 0 Å². The normalized spacial score (nSPS) is 19.4. The van der Waals surface area contributed by atoms with Gasteiger partial charge < -0.3 is 10.1 Å². The maximum absolute atomic E-state index is 12.1. The highest BCUT2D eigenvalue weighted by molar-refractivity contribution is 8.15. The lowest BCUT2D eigenvalue weighted by molar-refractivity contribution is 0.0117. The van der Waals surface area contributed by atoms with Crippen LogP contribution in [-0.4, -0.2) is 33.6 Å². The molecule has 0 radical (unpaired) electrons. The van der Waals surface area contributed by atoms with Gasteiger partial charge in [0.05, 0.1) is 11.7 Å². The predicted octanol–water partition coefficient (Wildman–Crippen LogP) is 2.67. The van der Waals surface area contributed by atoms with Crippen LogP contribution in [0.4, 0.5) is 0 Å². The second kappa shape index (κ2) is 7.09. The van der Waals surface area contributed by atoms with Crippen LogP contribution in [0.25, 0.3) is 0 Å². The van der Waals surface area contributed by atoms with Gasteiger partial charge in [-0.15, -0.1) is 11.3 Å². The Kier molecular flexibility index (Phi) is 5.65. The lowest BCUT2D eigenvalue weighted by atomic mass is 10.1. The molecule has 1 N–H and O–H groups in total. The van der Waals surface area contributed by atoms with Crippen molar-refractivity contribution in [2.75, 3.05) is 13.2 Å². The van der Waals surface area contributed by atoms with E-state index in [9.17, 15) is 13.2 Å². The molecule has 0 aromatic carbocycles. The van der Waals surface area contributed by atoms with Crippen LogP contribution >= 0.6 is 22.0 Å². The van der Waals surface area contributed by atoms with Crippen molar-refractivity contribution in [1.29, 1.82) is 0 Å². The first-order chi connectivity index (χ1) is 9.89. The summed E-state index contributed by atoms with van der Waals surface area (Å²) in [5.41, 5.74) is 0.769. The van der Waals surface area contributed by atoms with E-state index in [1.807, 2.05) is 0 Å². The number of amides is 1. The van der Waals surface area contributed by atoms with E-state index in [0.29, 0.717) is 17.7 Å².